The second-order valence-corrected chi connectivity index (χ2v) is 3.22. The number of carbonyl (C=O) groups is 1. The summed E-state index contributed by atoms with van der Waals surface area (Å²) < 4.78 is 4.79. The summed E-state index contributed by atoms with van der Waals surface area (Å²) in [6.45, 7) is 4.35. The number of carbonyl (C=O) groups excluding carboxylic acids is 1. The first-order chi connectivity index (χ1) is 6.33. The van der Waals surface area contributed by atoms with Gasteiger partial charge in [-0.3, -0.25) is 0 Å². The van der Waals surface area contributed by atoms with E-state index in [9.17, 15) is 4.79 Å². The summed E-state index contributed by atoms with van der Waals surface area (Å²) in [5, 5.41) is 3.29. The van der Waals surface area contributed by atoms with Crippen molar-refractivity contribution in [2.75, 3.05) is 19.7 Å². The molecular weight excluding hydrogens is 166 g/mol. The maximum absolute atomic E-state index is 11.0. The van der Waals surface area contributed by atoms with Crippen LogP contribution in [0.1, 0.15) is 19.8 Å². The molecule has 0 radical (unpaired) electrons. The van der Waals surface area contributed by atoms with E-state index in [1.807, 2.05) is 13.0 Å². The van der Waals surface area contributed by atoms with Crippen molar-refractivity contribution in [3.05, 3.63) is 12.2 Å². The van der Waals surface area contributed by atoms with Crippen molar-refractivity contribution in [1.29, 1.82) is 0 Å². The zero-order chi connectivity index (χ0) is 9.52. The first-order valence-electron chi connectivity index (χ1n) is 4.88. The molecule has 1 aliphatic rings. The second kappa shape index (κ2) is 5.75. The number of rotatable bonds is 3. The van der Waals surface area contributed by atoms with Crippen LogP contribution in [0.5, 0.6) is 0 Å². The molecule has 1 fully saturated rings. The van der Waals surface area contributed by atoms with E-state index in [4.69, 9.17) is 4.74 Å². The molecule has 1 heterocycles. The Morgan fingerprint density at radius 3 is 3.15 bits per heavy atom. The lowest BCUT2D eigenvalue weighted by Crippen LogP contribution is -2.28. The Morgan fingerprint density at radius 2 is 2.54 bits per heavy atom. The molecule has 1 saturated heterocycles. The Hall–Kier alpha value is -0.830. The fourth-order valence-electron chi connectivity index (χ4n) is 1.45. The van der Waals surface area contributed by atoms with Crippen LogP contribution in [0.3, 0.4) is 0 Å². The second-order valence-electron chi connectivity index (χ2n) is 3.22. The molecule has 0 aromatic rings. The van der Waals surface area contributed by atoms with Crippen molar-refractivity contribution in [1.82, 2.24) is 5.32 Å². The van der Waals surface area contributed by atoms with Gasteiger partial charge in [-0.15, -0.1) is 0 Å². The van der Waals surface area contributed by atoms with Gasteiger partial charge in [0.1, 0.15) is 0 Å². The maximum Gasteiger partial charge on any atom is 0.330 e. The molecular formula is C10H17NO2. The predicted octanol–water partition coefficient (Wildman–Crippen LogP) is 1.11. The highest BCUT2D eigenvalue weighted by molar-refractivity contribution is 5.81. The summed E-state index contributed by atoms with van der Waals surface area (Å²) in [5.41, 5.74) is 0. The van der Waals surface area contributed by atoms with E-state index >= 15 is 0 Å². The van der Waals surface area contributed by atoms with Crippen molar-refractivity contribution in [3.8, 4) is 0 Å². The van der Waals surface area contributed by atoms with Crippen LogP contribution in [-0.2, 0) is 9.53 Å². The van der Waals surface area contributed by atoms with Crippen LogP contribution < -0.4 is 5.32 Å². The topological polar surface area (TPSA) is 38.3 Å². The van der Waals surface area contributed by atoms with Crippen molar-refractivity contribution in [2.24, 2.45) is 5.92 Å². The normalized spacial score (nSPS) is 23.3. The van der Waals surface area contributed by atoms with Crippen LogP contribution in [0, 0.1) is 5.92 Å². The summed E-state index contributed by atoms with van der Waals surface area (Å²) in [5.74, 6) is 0.270. The van der Waals surface area contributed by atoms with Crippen molar-refractivity contribution in [2.45, 2.75) is 19.8 Å². The number of ether oxygens (including phenoxy) is 1. The lowest BCUT2D eigenvalue weighted by Gasteiger charge is -2.19. The van der Waals surface area contributed by atoms with Gasteiger partial charge in [-0.2, -0.15) is 0 Å². The first-order valence-corrected chi connectivity index (χ1v) is 4.88. The Morgan fingerprint density at radius 1 is 1.69 bits per heavy atom. The number of hydrogen-bond acceptors (Lipinski definition) is 3. The van der Waals surface area contributed by atoms with Crippen LogP contribution in [0.15, 0.2) is 12.2 Å². The number of esters is 1. The third-order valence-corrected chi connectivity index (χ3v) is 2.13. The van der Waals surface area contributed by atoms with E-state index < -0.39 is 0 Å². The zero-order valence-electron chi connectivity index (χ0n) is 8.08. The van der Waals surface area contributed by atoms with E-state index in [0.29, 0.717) is 12.5 Å². The predicted molar refractivity (Wildman–Crippen MR) is 51.4 cm³/mol. The molecule has 0 bridgehead atoms. The fraction of sp³-hybridized carbons (Fsp3) is 0.700. The van der Waals surface area contributed by atoms with Crippen molar-refractivity contribution < 1.29 is 9.53 Å². The van der Waals surface area contributed by atoms with Gasteiger partial charge in [0.25, 0.3) is 0 Å². The monoisotopic (exact) mass is 183 g/mol. The van der Waals surface area contributed by atoms with Gasteiger partial charge in [0.2, 0.25) is 0 Å². The smallest absolute Gasteiger partial charge is 0.330 e. The minimum atomic E-state index is -0.229. The SMILES string of the molecule is CCOC(=O)C=CC1CCCNC1. The highest BCUT2D eigenvalue weighted by atomic mass is 16.5. The minimum absolute atomic E-state index is 0.229. The Kier molecular flexibility index (Phi) is 4.54. The first kappa shape index (κ1) is 10.3. The molecule has 0 spiro atoms. The van der Waals surface area contributed by atoms with Crippen molar-refractivity contribution >= 4 is 5.97 Å². The van der Waals surface area contributed by atoms with Crippen LogP contribution in [-0.4, -0.2) is 25.7 Å². The number of nitrogens with one attached hydrogen (secondary N) is 1. The van der Waals surface area contributed by atoms with Crippen LogP contribution in [0.25, 0.3) is 0 Å². The van der Waals surface area contributed by atoms with Crippen LogP contribution in [0.4, 0.5) is 0 Å². The zero-order valence-corrected chi connectivity index (χ0v) is 8.08. The number of piperidine rings is 1. The minimum Gasteiger partial charge on any atom is -0.463 e. The standard InChI is InChI=1S/C10H17NO2/c1-2-13-10(12)6-5-9-4-3-7-11-8-9/h5-6,9,11H,2-4,7-8H2,1H3. The van der Waals surface area contributed by atoms with Crippen LogP contribution in [0.2, 0.25) is 0 Å². The summed E-state index contributed by atoms with van der Waals surface area (Å²) >= 11 is 0. The van der Waals surface area contributed by atoms with Crippen molar-refractivity contribution in [3.63, 3.8) is 0 Å². The molecule has 0 saturated carbocycles. The van der Waals surface area contributed by atoms with Gasteiger partial charge in [0.15, 0.2) is 0 Å². The molecule has 0 aliphatic carbocycles. The lowest BCUT2D eigenvalue weighted by molar-refractivity contribution is -0.137. The summed E-state index contributed by atoms with van der Waals surface area (Å²) in [6.07, 6.45) is 5.85. The molecule has 1 N–H and O–H groups in total. The number of hydrogen-bond donors (Lipinski definition) is 1. The highest BCUT2D eigenvalue weighted by Crippen LogP contribution is 2.10. The quantitative estimate of drug-likeness (QED) is 0.526. The average Bonchev–Trinajstić information content (AvgIpc) is 2.17. The Balaban J connectivity index is 2.24. The summed E-state index contributed by atoms with van der Waals surface area (Å²) in [7, 11) is 0. The molecule has 0 aromatic heterocycles. The molecule has 1 atom stereocenters. The largest absolute Gasteiger partial charge is 0.463 e. The van der Waals surface area contributed by atoms with E-state index in [1.54, 1.807) is 6.08 Å². The van der Waals surface area contributed by atoms with Gasteiger partial charge in [0.05, 0.1) is 6.61 Å². The fourth-order valence-corrected chi connectivity index (χ4v) is 1.45. The van der Waals surface area contributed by atoms with Gasteiger partial charge in [0, 0.05) is 12.6 Å². The van der Waals surface area contributed by atoms with Gasteiger partial charge in [-0.1, -0.05) is 6.08 Å². The summed E-state index contributed by atoms with van der Waals surface area (Å²) in [4.78, 5) is 11.0. The van der Waals surface area contributed by atoms with E-state index in [2.05, 4.69) is 5.32 Å². The molecule has 1 aliphatic heterocycles. The molecule has 1 unspecified atom stereocenters. The van der Waals surface area contributed by atoms with E-state index in [-0.39, 0.29) is 5.97 Å². The Labute approximate surface area is 79.2 Å². The van der Waals surface area contributed by atoms with Gasteiger partial charge < -0.3 is 10.1 Å². The molecule has 13 heavy (non-hydrogen) atoms. The third-order valence-electron chi connectivity index (χ3n) is 2.13. The van der Waals surface area contributed by atoms with Gasteiger partial charge in [-0.05, 0) is 32.2 Å². The third kappa shape index (κ3) is 4.08. The molecule has 3 nitrogen and oxygen atoms in total. The molecule has 1 rings (SSSR count). The van der Waals surface area contributed by atoms with Gasteiger partial charge >= 0.3 is 5.97 Å². The highest BCUT2D eigenvalue weighted by Gasteiger charge is 2.09. The molecule has 0 amide bonds. The average molecular weight is 183 g/mol. The van der Waals surface area contributed by atoms with E-state index in [1.165, 1.54) is 12.8 Å². The molecule has 0 aromatic carbocycles. The molecule has 3 heteroatoms. The molecule has 74 valence electrons. The Bertz CT molecular complexity index is 183. The lowest BCUT2D eigenvalue weighted by atomic mass is 9.99. The van der Waals surface area contributed by atoms with E-state index in [0.717, 1.165) is 13.1 Å². The summed E-state index contributed by atoms with van der Waals surface area (Å²) in [6, 6.07) is 0. The van der Waals surface area contributed by atoms with Crippen LogP contribution >= 0.6 is 0 Å². The van der Waals surface area contributed by atoms with Gasteiger partial charge in [-0.25, -0.2) is 4.79 Å². The maximum atomic E-state index is 11.0.